The number of amides is 1. The number of carbonyl (C=O) groups is 1. The maximum Gasteiger partial charge on any atom is 0.274 e. The Morgan fingerprint density at radius 1 is 1.32 bits per heavy atom. The van der Waals surface area contributed by atoms with Crippen molar-refractivity contribution in [3.8, 4) is 0 Å². The third kappa shape index (κ3) is 3.21. The van der Waals surface area contributed by atoms with E-state index in [1.54, 1.807) is 18.6 Å². The Kier molecular flexibility index (Phi) is 4.35. The number of hydrogen-bond acceptors (Lipinski definition) is 7. The van der Waals surface area contributed by atoms with Crippen LogP contribution in [0, 0.1) is 0 Å². The van der Waals surface area contributed by atoms with Crippen molar-refractivity contribution in [1.29, 1.82) is 0 Å². The fourth-order valence-corrected chi connectivity index (χ4v) is 3.56. The molecule has 1 aliphatic carbocycles. The van der Waals surface area contributed by atoms with Crippen molar-refractivity contribution < 1.29 is 14.4 Å². The van der Waals surface area contributed by atoms with E-state index in [1.807, 2.05) is 4.90 Å². The molecule has 3 heterocycles. The Hall–Kier alpha value is -2.48. The summed E-state index contributed by atoms with van der Waals surface area (Å²) in [6.07, 6.45) is 8.66. The molecule has 2 aromatic heterocycles. The number of aliphatic hydroxyl groups excluding tert-OH is 1. The minimum absolute atomic E-state index is 0.260. The zero-order valence-electron chi connectivity index (χ0n) is 13.9. The van der Waals surface area contributed by atoms with E-state index in [0.717, 1.165) is 42.8 Å². The van der Waals surface area contributed by atoms with Crippen molar-refractivity contribution >= 4 is 11.7 Å². The number of nitrogens with one attached hydrogen (secondary N) is 1. The summed E-state index contributed by atoms with van der Waals surface area (Å²) in [6, 6.07) is -0.309. The standard InChI is InChI=1S/C17H21N5O3/c23-13-10-22(15-9-18-6-7-19-15)8-5-12(13)20-17(24)16-11-3-1-2-4-14(11)25-21-16/h6-7,9,12-13,23H,1-5,8,10H2,(H,20,24)/t12-,13-/m1/s1. The van der Waals surface area contributed by atoms with Crippen molar-refractivity contribution in [2.75, 3.05) is 18.0 Å². The molecule has 2 N–H and O–H groups in total. The van der Waals surface area contributed by atoms with E-state index in [2.05, 4.69) is 20.4 Å². The normalized spacial score (nSPS) is 23.2. The average molecular weight is 343 g/mol. The Morgan fingerprint density at radius 3 is 3.00 bits per heavy atom. The van der Waals surface area contributed by atoms with Crippen molar-refractivity contribution in [3.63, 3.8) is 0 Å². The van der Waals surface area contributed by atoms with E-state index < -0.39 is 6.10 Å². The third-order valence-corrected chi connectivity index (χ3v) is 4.94. The van der Waals surface area contributed by atoms with Crippen LogP contribution in [0.5, 0.6) is 0 Å². The lowest BCUT2D eigenvalue weighted by Crippen LogP contribution is -2.54. The summed E-state index contributed by atoms with van der Waals surface area (Å²) in [5.74, 6) is 1.30. The van der Waals surface area contributed by atoms with Gasteiger partial charge in [-0.05, 0) is 25.7 Å². The van der Waals surface area contributed by atoms with Gasteiger partial charge in [0.1, 0.15) is 11.6 Å². The van der Waals surface area contributed by atoms with Crippen molar-refractivity contribution in [3.05, 3.63) is 35.6 Å². The van der Waals surface area contributed by atoms with Gasteiger partial charge in [0.25, 0.3) is 5.91 Å². The summed E-state index contributed by atoms with van der Waals surface area (Å²) in [6.45, 7) is 1.10. The maximum absolute atomic E-state index is 12.6. The predicted molar refractivity (Wildman–Crippen MR) is 89.3 cm³/mol. The van der Waals surface area contributed by atoms with Gasteiger partial charge < -0.3 is 19.8 Å². The van der Waals surface area contributed by atoms with Gasteiger partial charge in [0, 0.05) is 37.5 Å². The van der Waals surface area contributed by atoms with Crippen LogP contribution >= 0.6 is 0 Å². The molecule has 1 saturated heterocycles. The van der Waals surface area contributed by atoms with E-state index >= 15 is 0 Å². The van der Waals surface area contributed by atoms with Crippen LogP contribution in [-0.2, 0) is 12.8 Å². The molecule has 132 valence electrons. The molecule has 0 spiro atoms. The lowest BCUT2D eigenvalue weighted by atomic mass is 9.96. The molecular weight excluding hydrogens is 322 g/mol. The van der Waals surface area contributed by atoms with E-state index in [0.29, 0.717) is 25.2 Å². The quantitative estimate of drug-likeness (QED) is 0.846. The molecule has 8 heteroatoms. The fraction of sp³-hybridized carbons (Fsp3) is 0.529. The lowest BCUT2D eigenvalue weighted by Gasteiger charge is -2.36. The van der Waals surface area contributed by atoms with Gasteiger partial charge in [-0.25, -0.2) is 4.98 Å². The first-order valence-electron chi connectivity index (χ1n) is 8.69. The molecule has 8 nitrogen and oxygen atoms in total. The van der Waals surface area contributed by atoms with Crippen molar-refractivity contribution in [1.82, 2.24) is 20.4 Å². The number of nitrogens with zero attached hydrogens (tertiary/aromatic N) is 4. The molecular formula is C17H21N5O3. The summed E-state index contributed by atoms with van der Waals surface area (Å²) in [4.78, 5) is 22.8. The minimum atomic E-state index is -0.678. The molecule has 0 radical (unpaired) electrons. The Morgan fingerprint density at radius 2 is 2.20 bits per heavy atom. The smallest absolute Gasteiger partial charge is 0.274 e. The topological polar surface area (TPSA) is 104 Å². The zero-order valence-corrected chi connectivity index (χ0v) is 13.9. The number of carbonyl (C=O) groups excluding carboxylic acids is 1. The van der Waals surface area contributed by atoms with Gasteiger partial charge in [0.05, 0.1) is 18.3 Å². The van der Waals surface area contributed by atoms with Crippen LogP contribution in [-0.4, -0.2) is 51.4 Å². The third-order valence-electron chi connectivity index (χ3n) is 4.94. The number of anilines is 1. The highest BCUT2D eigenvalue weighted by Crippen LogP contribution is 2.24. The Labute approximate surface area is 145 Å². The van der Waals surface area contributed by atoms with E-state index in [-0.39, 0.29) is 11.9 Å². The maximum atomic E-state index is 12.6. The van der Waals surface area contributed by atoms with Gasteiger partial charge in [-0.2, -0.15) is 0 Å². The summed E-state index contributed by atoms with van der Waals surface area (Å²) < 4.78 is 5.30. The number of aromatic nitrogens is 3. The Balaban J connectivity index is 1.40. The van der Waals surface area contributed by atoms with E-state index in [9.17, 15) is 9.90 Å². The average Bonchev–Trinajstić information content (AvgIpc) is 3.08. The molecule has 4 rings (SSSR count). The van der Waals surface area contributed by atoms with Crippen LogP contribution in [0.2, 0.25) is 0 Å². The van der Waals surface area contributed by atoms with E-state index in [1.165, 1.54) is 0 Å². The molecule has 2 aliphatic rings. The second kappa shape index (κ2) is 6.79. The van der Waals surface area contributed by atoms with E-state index in [4.69, 9.17) is 4.52 Å². The first kappa shape index (κ1) is 16.0. The number of hydrogen-bond donors (Lipinski definition) is 2. The molecule has 0 unspecified atom stereocenters. The van der Waals surface area contributed by atoms with Gasteiger partial charge >= 0.3 is 0 Å². The van der Waals surface area contributed by atoms with Gasteiger partial charge in [-0.1, -0.05) is 5.16 Å². The van der Waals surface area contributed by atoms with Crippen LogP contribution in [0.4, 0.5) is 5.82 Å². The summed E-state index contributed by atoms with van der Waals surface area (Å²) in [5.41, 5.74) is 1.30. The molecule has 25 heavy (non-hydrogen) atoms. The molecule has 1 aliphatic heterocycles. The van der Waals surface area contributed by atoms with Crippen LogP contribution in [0.25, 0.3) is 0 Å². The summed E-state index contributed by atoms with van der Waals surface area (Å²) in [7, 11) is 0. The number of aryl methyl sites for hydroxylation is 1. The highest BCUT2D eigenvalue weighted by molar-refractivity contribution is 5.94. The predicted octanol–water partition coefficient (Wildman–Crippen LogP) is 0.713. The summed E-state index contributed by atoms with van der Waals surface area (Å²) in [5, 5.41) is 17.3. The van der Waals surface area contributed by atoms with Crippen LogP contribution < -0.4 is 10.2 Å². The van der Waals surface area contributed by atoms with Crippen LogP contribution in [0.3, 0.4) is 0 Å². The first-order chi connectivity index (χ1) is 12.2. The van der Waals surface area contributed by atoms with Gasteiger partial charge in [0.15, 0.2) is 5.69 Å². The molecule has 2 atom stereocenters. The molecule has 0 bridgehead atoms. The van der Waals surface area contributed by atoms with Crippen LogP contribution in [0.1, 0.15) is 41.1 Å². The molecule has 2 aromatic rings. The minimum Gasteiger partial charge on any atom is -0.389 e. The van der Waals surface area contributed by atoms with Gasteiger partial charge in [0.2, 0.25) is 0 Å². The Bertz CT molecular complexity index is 748. The number of aliphatic hydroxyl groups is 1. The number of β-amino-alcohol motifs (C(OH)–C–C–N with tert-alkyl or cyclic N) is 1. The van der Waals surface area contributed by atoms with Crippen molar-refractivity contribution in [2.45, 2.75) is 44.2 Å². The molecule has 0 saturated carbocycles. The largest absolute Gasteiger partial charge is 0.389 e. The number of fused-ring (bicyclic) bond motifs is 1. The SMILES string of the molecule is O=C(N[C@@H]1CCN(c2cnccn2)C[C@H]1O)c1noc2c1CCCC2. The van der Waals surface area contributed by atoms with Crippen LogP contribution in [0.15, 0.2) is 23.1 Å². The fourth-order valence-electron chi connectivity index (χ4n) is 3.56. The molecule has 1 fully saturated rings. The number of rotatable bonds is 3. The zero-order chi connectivity index (χ0) is 17.2. The van der Waals surface area contributed by atoms with Gasteiger partial charge in [-0.15, -0.1) is 0 Å². The first-order valence-corrected chi connectivity index (χ1v) is 8.69. The summed E-state index contributed by atoms with van der Waals surface area (Å²) >= 11 is 0. The highest BCUT2D eigenvalue weighted by atomic mass is 16.5. The van der Waals surface area contributed by atoms with Gasteiger partial charge in [-0.3, -0.25) is 9.78 Å². The monoisotopic (exact) mass is 343 g/mol. The number of piperidine rings is 1. The second-order valence-corrected chi connectivity index (χ2v) is 6.59. The highest BCUT2D eigenvalue weighted by Gasteiger charge is 2.32. The second-order valence-electron chi connectivity index (χ2n) is 6.59. The molecule has 1 amide bonds. The van der Waals surface area contributed by atoms with Crippen molar-refractivity contribution in [2.24, 2.45) is 0 Å². The molecule has 0 aromatic carbocycles. The lowest BCUT2D eigenvalue weighted by molar-refractivity contribution is 0.0789.